The van der Waals surface area contributed by atoms with Crippen molar-refractivity contribution in [2.24, 2.45) is 0 Å². The van der Waals surface area contributed by atoms with Gasteiger partial charge in [0.25, 0.3) is 0 Å². The van der Waals surface area contributed by atoms with E-state index >= 15 is 0 Å². The molecule has 0 radical (unpaired) electrons. The highest BCUT2D eigenvalue weighted by molar-refractivity contribution is 5.76. The van der Waals surface area contributed by atoms with E-state index in [-0.39, 0.29) is 0 Å². The molecule has 1 saturated heterocycles. The Labute approximate surface area is 101 Å². The van der Waals surface area contributed by atoms with Crippen LogP contribution in [0.2, 0.25) is 0 Å². The number of hydrogen-bond donors (Lipinski definition) is 6. The molecule has 1 aliphatic rings. The van der Waals surface area contributed by atoms with Crippen LogP contribution in [-0.4, -0.2) is 79.1 Å². The van der Waals surface area contributed by atoms with E-state index in [0.717, 1.165) is 6.92 Å². The van der Waals surface area contributed by atoms with Crippen molar-refractivity contribution in [1.29, 1.82) is 0 Å². The molecule has 7 atom stereocenters. The fourth-order valence-corrected chi connectivity index (χ4v) is 1.66. The van der Waals surface area contributed by atoms with Gasteiger partial charge in [0, 0.05) is 0 Å². The number of ether oxygens (including phenoxy) is 1. The number of aliphatic hydroxyl groups is 5. The third-order valence-electron chi connectivity index (χ3n) is 2.81. The summed E-state index contributed by atoms with van der Waals surface area (Å²) < 4.78 is 17.9. The second-order valence-corrected chi connectivity index (χ2v) is 4.20. The maximum atomic E-state index is 13.5. The zero-order valence-electron chi connectivity index (χ0n) is 9.34. The van der Waals surface area contributed by atoms with Crippen molar-refractivity contribution >= 4 is 5.97 Å². The smallest absolute Gasteiger partial charge is 0.367 e. The summed E-state index contributed by atoms with van der Waals surface area (Å²) in [6.45, 7) is 1.11. The lowest BCUT2D eigenvalue weighted by atomic mass is 9.90. The van der Waals surface area contributed by atoms with Crippen molar-refractivity contribution in [3.8, 4) is 0 Å². The van der Waals surface area contributed by atoms with E-state index in [9.17, 15) is 29.6 Å². The number of carbonyl (C=O) groups is 1. The third-order valence-corrected chi connectivity index (χ3v) is 2.81. The van der Waals surface area contributed by atoms with Crippen LogP contribution in [0.15, 0.2) is 0 Å². The Hall–Kier alpha value is -0.840. The van der Waals surface area contributed by atoms with Gasteiger partial charge in [0.1, 0.15) is 24.4 Å². The van der Waals surface area contributed by atoms with Crippen LogP contribution < -0.4 is 0 Å². The minimum atomic E-state index is -3.40. The second-order valence-electron chi connectivity index (χ2n) is 4.20. The van der Waals surface area contributed by atoms with Crippen molar-refractivity contribution in [1.82, 2.24) is 0 Å². The maximum absolute atomic E-state index is 13.5. The van der Waals surface area contributed by atoms with E-state index in [2.05, 4.69) is 4.74 Å². The molecule has 0 aliphatic carbocycles. The first kappa shape index (κ1) is 15.2. The highest BCUT2D eigenvalue weighted by Gasteiger charge is 2.60. The van der Waals surface area contributed by atoms with Crippen molar-refractivity contribution in [2.75, 3.05) is 0 Å². The van der Waals surface area contributed by atoms with Crippen LogP contribution >= 0.6 is 0 Å². The summed E-state index contributed by atoms with van der Waals surface area (Å²) in [5.41, 5.74) is 0. The molecule has 0 spiro atoms. The quantitative estimate of drug-likeness (QED) is 0.317. The Balaban J connectivity index is 3.05. The van der Waals surface area contributed by atoms with Gasteiger partial charge < -0.3 is 35.4 Å². The van der Waals surface area contributed by atoms with Crippen LogP contribution in [0.4, 0.5) is 4.39 Å². The summed E-state index contributed by atoms with van der Waals surface area (Å²) in [7, 11) is 0. The van der Waals surface area contributed by atoms with Crippen LogP contribution in [0.1, 0.15) is 6.92 Å². The van der Waals surface area contributed by atoms with Crippen molar-refractivity contribution in [3.63, 3.8) is 0 Å². The van der Waals surface area contributed by atoms with E-state index in [1.165, 1.54) is 0 Å². The maximum Gasteiger partial charge on any atom is 0.367 e. The average molecular weight is 270 g/mol. The lowest BCUT2D eigenvalue weighted by Crippen LogP contribution is -2.68. The van der Waals surface area contributed by atoms with Crippen LogP contribution in [0.25, 0.3) is 0 Å². The molecular formula is C9H15FO8. The highest BCUT2D eigenvalue weighted by Crippen LogP contribution is 2.32. The molecule has 0 saturated carbocycles. The molecule has 18 heavy (non-hydrogen) atoms. The number of aliphatic hydroxyl groups excluding tert-OH is 4. The number of alkyl halides is 1. The van der Waals surface area contributed by atoms with Crippen molar-refractivity contribution in [2.45, 2.75) is 49.4 Å². The largest absolute Gasteiger partial charge is 0.477 e. The van der Waals surface area contributed by atoms with Crippen LogP contribution in [-0.2, 0) is 9.53 Å². The molecule has 9 heteroatoms. The number of aliphatic carboxylic acids is 1. The molecule has 106 valence electrons. The number of hydrogen-bond acceptors (Lipinski definition) is 7. The standard InChI is InChI=1S/C9H15FO8/c1-2(11)3(12)6-4(13)5(14)7(10)9(17,18-6)8(15)16/h2-7,11-14,17H,1H3,(H,15,16)/t2-,3-,4+,5-,6?,7+,9-/m0/s1. The van der Waals surface area contributed by atoms with Gasteiger partial charge in [-0.25, -0.2) is 9.18 Å². The summed E-state index contributed by atoms with van der Waals surface area (Å²) in [6, 6.07) is 0. The molecule has 0 amide bonds. The fourth-order valence-electron chi connectivity index (χ4n) is 1.66. The number of carboxylic acid groups (broad SMARTS) is 1. The van der Waals surface area contributed by atoms with Gasteiger partial charge in [-0.05, 0) is 6.92 Å². The van der Waals surface area contributed by atoms with E-state index < -0.39 is 48.4 Å². The molecule has 1 heterocycles. The van der Waals surface area contributed by atoms with E-state index in [0.29, 0.717) is 0 Å². The zero-order valence-corrected chi connectivity index (χ0v) is 9.34. The van der Waals surface area contributed by atoms with Gasteiger partial charge in [0.2, 0.25) is 0 Å². The molecular weight excluding hydrogens is 255 g/mol. The Morgan fingerprint density at radius 3 is 2.22 bits per heavy atom. The van der Waals surface area contributed by atoms with Gasteiger partial charge in [-0.1, -0.05) is 0 Å². The van der Waals surface area contributed by atoms with Gasteiger partial charge in [0.15, 0.2) is 6.17 Å². The summed E-state index contributed by atoms with van der Waals surface area (Å²) >= 11 is 0. The van der Waals surface area contributed by atoms with Crippen LogP contribution in [0, 0.1) is 0 Å². The Morgan fingerprint density at radius 2 is 1.83 bits per heavy atom. The van der Waals surface area contributed by atoms with E-state index in [1.54, 1.807) is 0 Å². The zero-order chi connectivity index (χ0) is 14.2. The van der Waals surface area contributed by atoms with E-state index in [4.69, 9.17) is 10.2 Å². The number of carboxylic acids is 1. The molecule has 1 fully saturated rings. The SMILES string of the molecule is C[C@H](O)[C@H](O)C1O[C@](O)(C(=O)O)[C@H](F)[C@@H](O)[C@H]1O. The Bertz CT molecular complexity index is 324. The first-order valence-electron chi connectivity index (χ1n) is 5.12. The van der Waals surface area contributed by atoms with Gasteiger partial charge in [0.05, 0.1) is 6.10 Å². The predicted octanol–water partition coefficient (Wildman–Crippen LogP) is -3.04. The first-order chi connectivity index (χ1) is 8.12. The number of rotatable bonds is 3. The molecule has 0 aromatic heterocycles. The van der Waals surface area contributed by atoms with Gasteiger partial charge in [-0.3, -0.25) is 0 Å². The van der Waals surface area contributed by atoms with Crippen LogP contribution in [0.5, 0.6) is 0 Å². The molecule has 1 aliphatic heterocycles. The molecule has 6 N–H and O–H groups in total. The molecule has 8 nitrogen and oxygen atoms in total. The molecule has 0 aromatic carbocycles. The highest BCUT2D eigenvalue weighted by atomic mass is 19.1. The number of halogens is 1. The van der Waals surface area contributed by atoms with Gasteiger partial charge in [-0.2, -0.15) is 0 Å². The summed E-state index contributed by atoms with van der Waals surface area (Å²) in [5, 5.41) is 55.4. The molecule has 0 bridgehead atoms. The van der Waals surface area contributed by atoms with Gasteiger partial charge >= 0.3 is 11.8 Å². The summed E-state index contributed by atoms with van der Waals surface area (Å²) in [6.07, 6.45) is -12.2. The predicted molar refractivity (Wildman–Crippen MR) is 52.1 cm³/mol. The van der Waals surface area contributed by atoms with Crippen molar-refractivity contribution in [3.05, 3.63) is 0 Å². The molecule has 1 rings (SSSR count). The molecule has 1 unspecified atom stereocenters. The Kier molecular flexibility index (Phi) is 4.26. The second kappa shape index (κ2) is 5.03. The normalized spacial score (nSPS) is 44.4. The summed E-state index contributed by atoms with van der Waals surface area (Å²) in [5.74, 6) is -5.53. The monoisotopic (exact) mass is 270 g/mol. The minimum absolute atomic E-state index is 1.11. The topological polar surface area (TPSA) is 148 Å². The summed E-state index contributed by atoms with van der Waals surface area (Å²) in [4.78, 5) is 10.7. The first-order valence-corrected chi connectivity index (χ1v) is 5.12. The molecule has 0 aromatic rings. The lowest BCUT2D eigenvalue weighted by molar-refractivity contribution is -0.336. The van der Waals surface area contributed by atoms with Gasteiger partial charge in [-0.15, -0.1) is 0 Å². The fraction of sp³-hybridized carbons (Fsp3) is 0.889. The Morgan fingerprint density at radius 1 is 1.33 bits per heavy atom. The lowest BCUT2D eigenvalue weighted by Gasteiger charge is -2.44. The average Bonchev–Trinajstić information content (AvgIpc) is 2.30. The third kappa shape index (κ3) is 2.32. The van der Waals surface area contributed by atoms with Crippen molar-refractivity contribution < 1.29 is 44.6 Å². The van der Waals surface area contributed by atoms with Crippen LogP contribution in [0.3, 0.4) is 0 Å². The minimum Gasteiger partial charge on any atom is -0.477 e. The van der Waals surface area contributed by atoms with E-state index in [1.807, 2.05) is 0 Å².